The summed E-state index contributed by atoms with van der Waals surface area (Å²) in [6, 6.07) is 1.85. The third-order valence-electron chi connectivity index (χ3n) is 3.21. The zero-order valence-electron chi connectivity index (χ0n) is 10.7. The van der Waals surface area contributed by atoms with E-state index in [9.17, 15) is 9.59 Å². The van der Waals surface area contributed by atoms with E-state index in [0.29, 0.717) is 18.8 Å². The summed E-state index contributed by atoms with van der Waals surface area (Å²) in [7, 11) is 0. The summed E-state index contributed by atoms with van der Waals surface area (Å²) in [5.74, 6) is -0.0525. The lowest BCUT2D eigenvalue weighted by molar-refractivity contribution is -0.129. The first-order chi connectivity index (χ1) is 8.56. The quantitative estimate of drug-likeness (QED) is 0.800. The number of hydrogen-bond donors (Lipinski definition) is 2. The molecule has 0 bridgehead atoms. The fraction of sp³-hybridized carbons (Fsp3) is 0.583. The van der Waals surface area contributed by atoms with Crippen LogP contribution in [0.15, 0.2) is 6.07 Å². The van der Waals surface area contributed by atoms with Crippen LogP contribution in [0.2, 0.25) is 0 Å². The van der Waals surface area contributed by atoms with Gasteiger partial charge in [-0.1, -0.05) is 0 Å². The minimum absolute atomic E-state index is 0.0997. The van der Waals surface area contributed by atoms with Gasteiger partial charge >= 0.3 is 0 Å². The van der Waals surface area contributed by atoms with Crippen molar-refractivity contribution in [3.63, 3.8) is 0 Å². The van der Waals surface area contributed by atoms with Gasteiger partial charge in [-0.05, 0) is 25.8 Å². The maximum absolute atomic E-state index is 11.9. The number of aryl methyl sites for hydroxylation is 1. The Balaban J connectivity index is 1.85. The molecule has 1 aromatic heterocycles. The lowest BCUT2D eigenvalue weighted by Crippen LogP contribution is -2.46. The number of piperidine rings is 1. The lowest BCUT2D eigenvalue weighted by atomic mass is 10.0. The number of aromatic nitrogens is 2. The van der Waals surface area contributed by atoms with Crippen LogP contribution in [-0.4, -0.2) is 46.0 Å². The Morgan fingerprint density at radius 3 is 2.61 bits per heavy atom. The number of carbonyl (C=O) groups excluding carboxylic acids is 2. The largest absolute Gasteiger partial charge is 0.348 e. The third kappa shape index (κ3) is 2.88. The Bertz CT molecular complexity index is 447. The van der Waals surface area contributed by atoms with Crippen molar-refractivity contribution in [2.24, 2.45) is 0 Å². The third-order valence-corrected chi connectivity index (χ3v) is 3.21. The van der Waals surface area contributed by atoms with Gasteiger partial charge in [0.05, 0.1) is 0 Å². The molecule has 98 valence electrons. The van der Waals surface area contributed by atoms with Crippen LogP contribution in [0.4, 0.5) is 0 Å². The number of rotatable bonds is 2. The summed E-state index contributed by atoms with van der Waals surface area (Å²) in [4.78, 5) is 24.9. The highest BCUT2D eigenvalue weighted by Gasteiger charge is 2.22. The molecule has 0 aromatic carbocycles. The van der Waals surface area contributed by atoms with E-state index in [1.54, 1.807) is 17.9 Å². The fourth-order valence-corrected chi connectivity index (χ4v) is 2.13. The maximum atomic E-state index is 11.9. The summed E-state index contributed by atoms with van der Waals surface area (Å²) in [5.41, 5.74) is 1.29. The topological polar surface area (TPSA) is 78.1 Å². The van der Waals surface area contributed by atoms with Crippen LogP contribution in [0.25, 0.3) is 0 Å². The SMILES string of the molecule is CC(=O)N1CCC(NC(=O)c2cc(C)[nH]n2)CC1. The smallest absolute Gasteiger partial charge is 0.271 e. The van der Waals surface area contributed by atoms with Crippen molar-refractivity contribution in [1.29, 1.82) is 0 Å². The van der Waals surface area contributed by atoms with E-state index >= 15 is 0 Å². The van der Waals surface area contributed by atoms with Crippen LogP contribution in [0.5, 0.6) is 0 Å². The summed E-state index contributed by atoms with van der Waals surface area (Å²) in [6.07, 6.45) is 1.60. The molecular weight excluding hydrogens is 232 g/mol. The standard InChI is InChI=1S/C12H18N4O2/c1-8-7-11(15-14-8)12(18)13-10-3-5-16(6-4-10)9(2)17/h7,10H,3-6H2,1-2H3,(H,13,18)(H,14,15). The van der Waals surface area contributed by atoms with E-state index in [0.717, 1.165) is 18.5 Å². The summed E-state index contributed by atoms with van der Waals surface area (Å²) in [5, 5.41) is 9.62. The molecule has 6 nitrogen and oxygen atoms in total. The van der Waals surface area contributed by atoms with Crippen molar-refractivity contribution in [2.75, 3.05) is 13.1 Å². The van der Waals surface area contributed by atoms with Gasteiger partial charge in [0.1, 0.15) is 5.69 Å². The second-order valence-electron chi connectivity index (χ2n) is 4.69. The second kappa shape index (κ2) is 5.20. The van der Waals surface area contributed by atoms with Gasteiger partial charge in [0.25, 0.3) is 5.91 Å². The number of carbonyl (C=O) groups is 2. The van der Waals surface area contributed by atoms with E-state index < -0.39 is 0 Å². The molecule has 2 amide bonds. The molecule has 0 unspecified atom stereocenters. The molecule has 2 N–H and O–H groups in total. The Kier molecular flexibility index (Phi) is 3.64. The normalized spacial score (nSPS) is 16.7. The number of hydrogen-bond acceptors (Lipinski definition) is 3. The molecule has 1 aromatic rings. The van der Waals surface area contributed by atoms with Crippen LogP contribution in [0, 0.1) is 6.92 Å². The van der Waals surface area contributed by atoms with Gasteiger partial charge in [0.15, 0.2) is 0 Å². The van der Waals surface area contributed by atoms with Crippen molar-refractivity contribution in [3.8, 4) is 0 Å². The molecule has 2 heterocycles. The first-order valence-electron chi connectivity index (χ1n) is 6.14. The molecule has 1 aliphatic heterocycles. The maximum Gasteiger partial charge on any atom is 0.271 e. The molecule has 0 spiro atoms. The van der Waals surface area contributed by atoms with Gasteiger partial charge in [-0.2, -0.15) is 5.10 Å². The second-order valence-corrected chi connectivity index (χ2v) is 4.69. The van der Waals surface area contributed by atoms with Gasteiger partial charge in [-0.25, -0.2) is 0 Å². The van der Waals surface area contributed by atoms with E-state index in [2.05, 4.69) is 15.5 Å². The van der Waals surface area contributed by atoms with E-state index in [-0.39, 0.29) is 17.9 Å². The first-order valence-corrected chi connectivity index (χ1v) is 6.14. The predicted octanol–water partition coefficient (Wildman–Crippen LogP) is 0.459. The highest BCUT2D eigenvalue weighted by atomic mass is 16.2. The molecule has 0 aliphatic carbocycles. The van der Waals surface area contributed by atoms with Crippen LogP contribution in [0.1, 0.15) is 35.9 Å². The molecule has 2 rings (SSSR count). The molecule has 0 radical (unpaired) electrons. The molecule has 0 atom stereocenters. The van der Waals surface area contributed by atoms with Gasteiger partial charge in [-0.15, -0.1) is 0 Å². The zero-order chi connectivity index (χ0) is 13.1. The summed E-state index contributed by atoms with van der Waals surface area (Å²) < 4.78 is 0. The molecule has 1 aliphatic rings. The van der Waals surface area contributed by atoms with E-state index in [4.69, 9.17) is 0 Å². The van der Waals surface area contributed by atoms with E-state index in [1.165, 1.54) is 0 Å². The molecule has 0 saturated carbocycles. The monoisotopic (exact) mass is 250 g/mol. The van der Waals surface area contributed by atoms with Gasteiger partial charge in [0.2, 0.25) is 5.91 Å². The lowest BCUT2D eigenvalue weighted by Gasteiger charge is -2.31. The molecule has 18 heavy (non-hydrogen) atoms. The minimum atomic E-state index is -0.152. The van der Waals surface area contributed by atoms with Crippen molar-refractivity contribution in [1.82, 2.24) is 20.4 Å². The van der Waals surface area contributed by atoms with Gasteiger partial charge in [0, 0.05) is 31.7 Å². The molecule has 6 heteroatoms. The number of H-pyrrole nitrogens is 1. The van der Waals surface area contributed by atoms with Crippen LogP contribution < -0.4 is 5.32 Å². The number of nitrogens with one attached hydrogen (secondary N) is 2. The fourth-order valence-electron chi connectivity index (χ4n) is 2.13. The Hall–Kier alpha value is -1.85. The number of amides is 2. The minimum Gasteiger partial charge on any atom is -0.348 e. The number of nitrogens with zero attached hydrogens (tertiary/aromatic N) is 2. The van der Waals surface area contributed by atoms with Crippen molar-refractivity contribution >= 4 is 11.8 Å². The average Bonchev–Trinajstić information content (AvgIpc) is 2.76. The van der Waals surface area contributed by atoms with Crippen molar-refractivity contribution < 1.29 is 9.59 Å². The molecule has 1 fully saturated rings. The highest BCUT2D eigenvalue weighted by molar-refractivity contribution is 5.92. The molecular formula is C12H18N4O2. The van der Waals surface area contributed by atoms with Crippen LogP contribution in [0.3, 0.4) is 0 Å². The first kappa shape index (κ1) is 12.6. The Morgan fingerprint density at radius 1 is 1.44 bits per heavy atom. The van der Waals surface area contributed by atoms with Gasteiger partial charge < -0.3 is 10.2 Å². The predicted molar refractivity (Wildman–Crippen MR) is 66.1 cm³/mol. The Labute approximate surface area is 106 Å². The van der Waals surface area contributed by atoms with Crippen LogP contribution >= 0.6 is 0 Å². The Morgan fingerprint density at radius 2 is 2.11 bits per heavy atom. The van der Waals surface area contributed by atoms with Crippen molar-refractivity contribution in [2.45, 2.75) is 32.7 Å². The van der Waals surface area contributed by atoms with Crippen LogP contribution in [-0.2, 0) is 4.79 Å². The zero-order valence-corrected chi connectivity index (χ0v) is 10.7. The summed E-state index contributed by atoms with van der Waals surface area (Å²) in [6.45, 7) is 4.85. The molecule has 1 saturated heterocycles. The average molecular weight is 250 g/mol. The van der Waals surface area contributed by atoms with Crippen molar-refractivity contribution in [3.05, 3.63) is 17.5 Å². The van der Waals surface area contributed by atoms with E-state index in [1.807, 2.05) is 6.92 Å². The number of aromatic amines is 1. The highest BCUT2D eigenvalue weighted by Crippen LogP contribution is 2.11. The number of likely N-dealkylation sites (tertiary alicyclic amines) is 1. The van der Waals surface area contributed by atoms with Gasteiger partial charge in [-0.3, -0.25) is 14.7 Å². The summed E-state index contributed by atoms with van der Waals surface area (Å²) >= 11 is 0.